The number of anilines is 1. The molecule has 1 aliphatic heterocycles. The largest absolute Gasteiger partial charge is 0.417 e. The van der Waals surface area contributed by atoms with Crippen molar-refractivity contribution in [3.05, 3.63) is 66.0 Å². The number of aromatic nitrogens is 2. The molecule has 0 bridgehead atoms. The maximum Gasteiger partial charge on any atom is 0.417 e. The molecule has 0 aliphatic carbocycles. The Kier molecular flexibility index (Phi) is 4.62. The van der Waals surface area contributed by atoms with Crippen LogP contribution in [0.25, 0.3) is 10.9 Å². The number of para-hydroxylation sites is 1. The molecular weight excluding hydrogens is 369 g/mol. The van der Waals surface area contributed by atoms with Crippen molar-refractivity contribution in [2.45, 2.75) is 18.6 Å². The van der Waals surface area contributed by atoms with E-state index in [-0.39, 0.29) is 11.9 Å². The van der Waals surface area contributed by atoms with E-state index in [1.807, 2.05) is 35.2 Å². The standard InChI is InChI=1S/C20H17F3N4O/c21-20(22,23)14-6-8-18(24-11-14)27-10-9-15(12-27)25-19(28)17-7-5-13-3-1-2-4-16(13)26-17/h1-8,11,15H,9-10,12H2,(H,25,28). The van der Waals surface area contributed by atoms with E-state index in [9.17, 15) is 18.0 Å². The minimum Gasteiger partial charge on any atom is -0.354 e. The van der Waals surface area contributed by atoms with Gasteiger partial charge in [-0.1, -0.05) is 24.3 Å². The van der Waals surface area contributed by atoms with Crippen LogP contribution in [0, 0.1) is 0 Å². The summed E-state index contributed by atoms with van der Waals surface area (Å²) in [5.74, 6) is 0.201. The molecule has 1 fully saturated rings. The lowest BCUT2D eigenvalue weighted by Gasteiger charge is -2.18. The fourth-order valence-corrected chi connectivity index (χ4v) is 3.28. The van der Waals surface area contributed by atoms with Gasteiger partial charge in [-0.25, -0.2) is 9.97 Å². The minimum absolute atomic E-state index is 0.120. The molecule has 3 aromatic rings. The van der Waals surface area contributed by atoms with Gasteiger partial charge in [-0.15, -0.1) is 0 Å². The Labute approximate surface area is 159 Å². The summed E-state index contributed by atoms with van der Waals surface area (Å²) in [4.78, 5) is 22.7. The van der Waals surface area contributed by atoms with E-state index >= 15 is 0 Å². The van der Waals surface area contributed by atoms with Crippen LogP contribution in [0.5, 0.6) is 0 Å². The van der Waals surface area contributed by atoms with Crippen molar-refractivity contribution in [3.8, 4) is 0 Å². The summed E-state index contributed by atoms with van der Waals surface area (Å²) in [6.07, 6.45) is -2.89. The van der Waals surface area contributed by atoms with Gasteiger partial charge in [0, 0.05) is 30.7 Å². The zero-order valence-corrected chi connectivity index (χ0v) is 14.8. The van der Waals surface area contributed by atoms with Crippen LogP contribution in [-0.2, 0) is 6.18 Å². The second kappa shape index (κ2) is 7.10. The van der Waals surface area contributed by atoms with Gasteiger partial charge in [-0.05, 0) is 30.7 Å². The van der Waals surface area contributed by atoms with E-state index in [0.717, 1.165) is 23.2 Å². The van der Waals surface area contributed by atoms with E-state index < -0.39 is 11.7 Å². The van der Waals surface area contributed by atoms with E-state index in [0.29, 0.717) is 31.0 Å². The van der Waals surface area contributed by atoms with Gasteiger partial charge < -0.3 is 10.2 Å². The molecule has 0 radical (unpaired) electrons. The summed E-state index contributed by atoms with van der Waals surface area (Å²) in [6, 6.07) is 13.3. The first-order valence-electron chi connectivity index (χ1n) is 8.85. The average molecular weight is 386 g/mol. The fourth-order valence-electron chi connectivity index (χ4n) is 3.28. The minimum atomic E-state index is -4.40. The zero-order chi connectivity index (χ0) is 19.7. The molecule has 4 rings (SSSR count). The molecule has 1 unspecified atom stereocenters. The molecule has 1 saturated heterocycles. The second-order valence-corrected chi connectivity index (χ2v) is 6.70. The normalized spacial score (nSPS) is 17.1. The molecule has 0 spiro atoms. The van der Waals surface area contributed by atoms with Gasteiger partial charge in [-0.2, -0.15) is 13.2 Å². The van der Waals surface area contributed by atoms with Gasteiger partial charge >= 0.3 is 6.18 Å². The molecule has 1 amide bonds. The lowest BCUT2D eigenvalue weighted by molar-refractivity contribution is -0.137. The van der Waals surface area contributed by atoms with E-state index in [1.54, 1.807) is 6.07 Å². The Bertz CT molecular complexity index is 1000. The Morgan fingerprint density at radius 3 is 2.68 bits per heavy atom. The number of halogens is 3. The molecule has 1 N–H and O–H groups in total. The summed E-state index contributed by atoms with van der Waals surface area (Å²) >= 11 is 0. The number of hydrogen-bond donors (Lipinski definition) is 1. The number of fused-ring (bicyclic) bond motifs is 1. The fraction of sp³-hybridized carbons (Fsp3) is 0.250. The lowest BCUT2D eigenvalue weighted by atomic mass is 10.2. The Hall–Kier alpha value is -3.16. The molecule has 5 nitrogen and oxygen atoms in total. The number of benzene rings is 1. The van der Waals surface area contributed by atoms with Crippen molar-refractivity contribution < 1.29 is 18.0 Å². The Morgan fingerprint density at radius 2 is 1.93 bits per heavy atom. The van der Waals surface area contributed by atoms with Crippen LogP contribution in [0.2, 0.25) is 0 Å². The first-order chi connectivity index (χ1) is 13.4. The van der Waals surface area contributed by atoms with Gasteiger partial charge in [0.25, 0.3) is 5.91 Å². The van der Waals surface area contributed by atoms with Gasteiger partial charge in [0.05, 0.1) is 11.1 Å². The summed E-state index contributed by atoms with van der Waals surface area (Å²) in [5, 5.41) is 3.90. The number of pyridine rings is 2. The Morgan fingerprint density at radius 1 is 1.11 bits per heavy atom. The third-order valence-electron chi connectivity index (χ3n) is 4.75. The number of carbonyl (C=O) groups is 1. The van der Waals surface area contributed by atoms with Crippen molar-refractivity contribution in [3.63, 3.8) is 0 Å². The first-order valence-corrected chi connectivity index (χ1v) is 8.85. The average Bonchev–Trinajstić information content (AvgIpc) is 3.15. The van der Waals surface area contributed by atoms with Gasteiger partial charge in [0.15, 0.2) is 0 Å². The molecule has 144 valence electrons. The second-order valence-electron chi connectivity index (χ2n) is 6.70. The third kappa shape index (κ3) is 3.76. The highest BCUT2D eigenvalue weighted by atomic mass is 19.4. The first kappa shape index (κ1) is 18.2. The van der Waals surface area contributed by atoms with Crippen molar-refractivity contribution in [1.29, 1.82) is 0 Å². The van der Waals surface area contributed by atoms with Gasteiger partial charge in [-0.3, -0.25) is 4.79 Å². The van der Waals surface area contributed by atoms with Crippen molar-refractivity contribution >= 4 is 22.6 Å². The molecule has 0 saturated carbocycles. The number of carbonyl (C=O) groups excluding carboxylic acids is 1. The number of nitrogens with zero attached hydrogens (tertiary/aromatic N) is 3. The van der Waals surface area contributed by atoms with Crippen LogP contribution < -0.4 is 10.2 Å². The topological polar surface area (TPSA) is 58.1 Å². The van der Waals surface area contributed by atoms with Crippen molar-refractivity contribution in [1.82, 2.24) is 15.3 Å². The smallest absolute Gasteiger partial charge is 0.354 e. The molecular formula is C20H17F3N4O. The number of amides is 1. The van der Waals surface area contributed by atoms with E-state index in [2.05, 4.69) is 15.3 Å². The zero-order valence-electron chi connectivity index (χ0n) is 14.8. The summed E-state index contributed by atoms with van der Waals surface area (Å²) in [7, 11) is 0. The summed E-state index contributed by atoms with van der Waals surface area (Å²) in [5.41, 5.74) is 0.310. The van der Waals surface area contributed by atoms with Gasteiger partial charge in [0.1, 0.15) is 11.5 Å². The Balaban J connectivity index is 1.40. The van der Waals surface area contributed by atoms with E-state index in [1.165, 1.54) is 6.07 Å². The van der Waals surface area contributed by atoms with Crippen LogP contribution in [0.1, 0.15) is 22.5 Å². The predicted molar refractivity (Wildman–Crippen MR) is 99.1 cm³/mol. The molecule has 3 heterocycles. The summed E-state index contributed by atoms with van der Waals surface area (Å²) in [6.45, 7) is 1.09. The molecule has 28 heavy (non-hydrogen) atoms. The van der Waals surface area contributed by atoms with Gasteiger partial charge in [0.2, 0.25) is 0 Å². The highest BCUT2D eigenvalue weighted by Gasteiger charge is 2.31. The molecule has 2 aromatic heterocycles. The van der Waals surface area contributed by atoms with Crippen LogP contribution in [-0.4, -0.2) is 35.0 Å². The maximum atomic E-state index is 12.7. The molecule has 1 atom stereocenters. The number of nitrogens with one attached hydrogen (secondary N) is 1. The number of alkyl halides is 3. The maximum absolute atomic E-state index is 12.7. The monoisotopic (exact) mass is 386 g/mol. The van der Waals surface area contributed by atoms with Crippen LogP contribution >= 0.6 is 0 Å². The quantitative estimate of drug-likeness (QED) is 0.747. The molecule has 1 aliphatic rings. The number of hydrogen-bond acceptors (Lipinski definition) is 4. The van der Waals surface area contributed by atoms with Crippen LogP contribution in [0.4, 0.5) is 19.0 Å². The molecule has 1 aromatic carbocycles. The van der Waals surface area contributed by atoms with Crippen molar-refractivity contribution in [2.24, 2.45) is 0 Å². The van der Waals surface area contributed by atoms with Crippen LogP contribution in [0.3, 0.4) is 0 Å². The van der Waals surface area contributed by atoms with Crippen molar-refractivity contribution in [2.75, 3.05) is 18.0 Å². The SMILES string of the molecule is O=C(NC1CCN(c2ccc(C(F)(F)F)cn2)C1)c1ccc2ccccc2n1. The summed E-state index contributed by atoms with van der Waals surface area (Å²) < 4.78 is 38.0. The lowest BCUT2D eigenvalue weighted by Crippen LogP contribution is -2.37. The number of rotatable bonds is 3. The third-order valence-corrected chi connectivity index (χ3v) is 4.75. The highest BCUT2D eigenvalue weighted by Crippen LogP contribution is 2.30. The molecule has 8 heteroatoms. The van der Waals surface area contributed by atoms with Crippen LogP contribution in [0.15, 0.2) is 54.7 Å². The van der Waals surface area contributed by atoms with E-state index in [4.69, 9.17) is 0 Å². The highest BCUT2D eigenvalue weighted by molar-refractivity contribution is 5.95. The predicted octanol–water partition coefficient (Wildman–Crippen LogP) is 3.66.